The van der Waals surface area contributed by atoms with Gasteiger partial charge in [-0.15, -0.1) is 0 Å². The molecular weight excluding hydrogens is 339 g/mol. The first-order valence-electron chi connectivity index (χ1n) is 9.13. The zero-order valence-corrected chi connectivity index (χ0v) is 14.6. The number of carbonyl (C=O) groups excluding carboxylic acids is 2. The SMILES string of the molecule is O=C(NCc1ccc(F)cc1)C1(C(=O)N2CCC3(CC2)OCCO3)CC1. The van der Waals surface area contributed by atoms with Gasteiger partial charge in [0.25, 0.3) is 0 Å². The van der Waals surface area contributed by atoms with Crippen LogP contribution in [-0.2, 0) is 25.6 Å². The summed E-state index contributed by atoms with van der Waals surface area (Å²) in [5, 5.41) is 2.83. The van der Waals surface area contributed by atoms with E-state index in [1.54, 1.807) is 17.0 Å². The summed E-state index contributed by atoms with van der Waals surface area (Å²) in [6.07, 6.45) is 2.45. The average Bonchev–Trinajstić information content (AvgIpc) is 3.36. The topological polar surface area (TPSA) is 67.9 Å². The predicted octanol–water partition coefficient (Wildman–Crippen LogP) is 1.59. The molecule has 3 fully saturated rings. The van der Waals surface area contributed by atoms with Gasteiger partial charge in [-0.2, -0.15) is 0 Å². The van der Waals surface area contributed by atoms with Crippen LogP contribution < -0.4 is 5.32 Å². The molecule has 6 nitrogen and oxygen atoms in total. The second kappa shape index (κ2) is 6.63. The first kappa shape index (κ1) is 17.4. The summed E-state index contributed by atoms with van der Waals surface area (Å²) in [7, 11) is 0. The molecule has 2 amide bonds. The zero-order valence-electron chi connectivity index (χ0n) is 14.6. The van der Waals surface area contributed by atoms with Crippen LogP contribution in [0.2, 0.25) is 0 Å². The molecule has 2 heterocycles. The van der Waals surface area contributed by atoms with Crippen molar-refractivity contribution in [1.29, 1.82) is 0 Å². The van der Waals surface area contributed by atoms with Crippen LogP contribution in [0, 0.1) is 11.2 Å². The van der Waals surface area contributed by atoms with Crippen molar-refractivity contribution in [3.63, 3.8) is 0 Å². The number of hydrogen-bond acceptors (Lipinski definition) is 4. The lowest BCUT2D eigenvalue weighted by Gasteiger charge is -2.38. The number of piperidine rings is 1. The lowest BCUT2D eigenvalue weighted by molar-refractivity contribution is -0.188. The van der Waals surface area contributed by atoms with E-state index in [0.717, 1.165) is 5.56 Å². The van der Waals surface area contributed by atoms with Crippen molar-refractivity contribution >= 4 is 11.8 Å². The highest BCUT2D eigenvalue weighted by atomic mass is 19.1. The average molecular weight is 362 g/mol. The molecule has 1 N–H and O–H groups in total. The van der Waals surface area contributed by atoms with E-state index in [4.69, 9.17) is 9.47 Å². The summed E-state index contributed by atoms with van der Waals surface area (Å²) in [6.45, 7) is 2.59. The Morgan fingerprint density at radius 1 is 1.04 bits per heavy atom. The van der Waals surface area contributed by atoms with E-state index in [-0.39, 0.29) is 17.6 Å². The molecule has 0 atom stereocenters. The molecule has 1 aliphatic carbocycles. The minimum atomic E-state index is -0.929. The summed E-state index contributed by atoms with van der Waals surface area (Å²) >= 11 is 0. The molecule has 0 unspecified atom stereocenters. The molecule has 2 aliphatic heterocycles. The molecule has 1 saturated carbocycles. The number of nitrogens with one attached hydrogen (secondary N) is 1. The van der Waals surface area contributed by atoms with Crippen molar-refractivity contribution < 1.29 is 23.5 Å². The monoisotopic (exact) mass is 362 g/mol. The van der Waals surface area contributed by atoms with Gasteiger partial charge in [0.15, 0.2) is 5.79 Å². The molecule has 2 saturated heterocycles. The molecule has 7 heteroatoms. The number of halogens is 1. The van der Waals surface area contributed by atoms with E-state index in [1.807, 2.05) is 0 Å². The second-order valence-corrected chi connectivity index (χ2v) is 7.29. The number of benzene rings is 1. The predicted molar refractivity (Wildman–Crippen MR) is 90.4 cm³/mol. The summed E-state index contributed by atoms with van der Waals surface area (Å²) in [5.74, 6) is -1.17. The van der Waals surface area contributed by atoms with Crippen LogP contribution in [-0.4, -0.2) is 48.8 Å². The molecule has 3 aliphatic rings. The fourth-order valence-electron chi connectivity index (χ4n) is 3.76. The van der Waals surface area contributed by atoms with Crippen molar-refractivity contribution in [1.82, 2.24) is 10.2 Å². The number of hydrogen-bond donors (Lipinski definition) is 1. The lowest BCUT2D eigenvalue weighted by atomic mass is 9.98. The summed E-state index contributed by atoms with van der Waals surface area (Å²) in [6, 6.07) is 5.97. The van der Waals surface area contributed by atoms with Gasteiger partial charge in [0, 0.05) is 32.5 Å². The van der Waals surface area contributed by atoms with E-state index >= 15 is 0 Å². The number of ether oxygens (including phenoxy) is 2. The molecule has 1 aromatic carbocycles. The highest BCUT2D eigenvalue weighted by Crippen LogP contribution is 2.48. The Morgan fingerprint density at radius 3 is 2.23 bits per heavy atom. The standard InChI is InChI=1S/C19H23FN2O4/c20-15-3-1-14(2-4-15)13-21-16(23)18(5-6-18)17(24)22-9-7-19(8-10-22)25-11-12-26-19/h1-4H,5-13H2,(H,21,23). The molecule has 0 aromatic heterocycles. The quantitative estimate of drug-likeness (QED) is 0.826. The van der Waals surface area contributed by atoms with Crippen molar-refractivity contribution in [3.8, 4) is 0 Å². The summed E-state index contributed by atoms with van der Waals surface area (Å²) in [5.41, 5.74) is -0.125. The molecule has 1 spiro atoms. The summed E-state index contributed by atoms with van der Waals surface area (Å²) < 4.78 is 24.3. The van der Waals surface area contributed by atoms with Crippen LogP contribution in [0.1, 0.15) is 31.2 Å². The lowest BCUT2D eigenvalue weighted by Crippen LogP contribution is -2.51. The van der Waals surface area contributed by atoms with E-state index in [0.29, 0.717) is 58.5 Å². The van der Waals surface area contributed by atoms with E-state index in [9.17, 15) is 14.0 Å². The van der Waals surface area contributed by atoms with Gasteiger partial charge >= 0.3 is 0 Å². The number of nitrogens with zero attached hydrogens (tertiary/aromatic N) is 1. The first-order chi connectivity index (χ1) is 12.5. The zero-order chi connectivity index (χ0) is 18.2. The Morgan fingerprint density at radius 2 is 1.65 bits per heavy atom. The number of carbonyl (C=O) groups is 2. The normalized spacial score (nSPS) is 23.0. The third kappa shape index (κ3) is 3.21. The maximum absolute atomic E-state index is 13.0. The molecule has 140 valence electrons. The fourth-order valence-corrected chi connectivity index (χ4v) is 3.76. The van der Waals surface area contributed by atoms with Gasteiger partial charge in [-0.05, 0) is 30.5 Å². The highest BCUT2D eigenvalue weighted by Gasteiger charge is 2.58. The van der Waals surface area contributed by atoms with Crippen LogP contribution >= 0.6 is 0 Å². The number of amides is 2. The largest absolute Gasteiger partial charge is 0.351 e. The van der Waals surface area contributed by atoms with Crippen molar-refractivity contribution in [2.75, 3.05) is 26.3 Å². The van der Waals surface area contributed by atoms with Crippen molar-refractivity contribution in [3.05, 3.63) is 35.6 Å². The summed E-state index contributed by atoms with van der Waals surface area (Å²) in [4.78, 5) is 27.3. The van der Waals surface area contributed by atoms with Crippen LogP contribution in [0.15, 0.2) is 24.3 Å². The Balaban J connectivity index is 1.33. The third-order valence-electron chi connectivity index (χ3n) is 5.59. The molecule has 0 radical (unpaired) electrons. The van der Waals surface area contributed by atoms with Crippen molar-refractivity contribution in [2.45, 2.75) is 38.0 Å². The van der Waals surface area contributed by atoms with Gasteiger partial charge in [-0.3, -0.25) is 9.59 Å². The minimum Gasteiger partial charge on any atom is -0.351 e. The van der Waals surface area contributed by atoms with Crippen LogP contribution in [0.25, 0.3) is 0 Å². The number of rotatable bonds is 4. The maximum Gasteiger partial charge on any atom is 0.238 e. The molecule has 1 aromatic rings. The third-order valence-corrected chi connectivity index (χ3v) is 5.59. The molecule has 0 bridgehead atoms. The fraction of sp³-hybridized carbons (Fsp3) is 0.579. The second-order valence-electron chi connectivity index (χ2n) is 7.29. The van der Waals surface area contributed by atoms with Gasteiger partial charge in [0.1, 0.15) is 11.2 Å². The van der Waals surface area contributed by atoms with Gasteiger partial charge in [0.2, 0.25) is 11.8 Å². The Bertz CT molecular complexity index is 686. The van der Waals surface area contributed by atoms with Crippen LogP contribution in [0.4, 0.5) is 4.39 Å². The van der Waals surface area contributed by atoms with Gasteiger partial charge in [-0.1, -0.05) is 12.1 Å². The first-order valence-corrected chi connectivity index (χ1v) is 9.13. The Labute approximate surface area is 151 Å². The Hall–Kier alpha value is -1.99. The van der Waals surface area contributed by atoms with Gasteiger partial charge in [0.05, 0.1) is 13.2 Å². The van der Waals surface area contributed by atoms with E-state index < -0.39 is 11.2 Å². The van der Waals surface area contributed by atoms with E-state index in [2.05, 4.69) is 5.32 Å². The van der Waals surface area contributed by atoms with Crippen LogP contribution in [0.3, 0.4) is 0 Å². The van der Waals surface area contributed by atoms with Crippen molar-refractivity contribution in [2.24, 2.45) is 5.41 Å². The maximum atomic E-state index is 13.0. The smallest absolute Gasteiger partial charge is 0.238 e. The van der Waals surface area contributed by atoms with Gasteiger partial charge in [-0.25, -0.2) is 4.39 Å². The molecular formula is C19H23FN2O4. The highest BCUT2D eigenvalue weighted by molar-refractivity contribution is 6.07. The van der Waals surface area contributed by atoms with Crippen LogP contribution in [0.5, 0.6) is 0 Å². The van der Waals surface area contributed by atoms with Gasteiger partial charge < -0.3 is 19.7 Å². The molecule has 4 rings (SSSR count). The number of likely N-dealkylation sites (tertiary alicyclic amines) is 1. The van der Waals surface area contributed by atoms with E-state index in [1.165, 1.54) is 12.1 Å². The Kier molecular flexibility index (Phi) is 4.44. The minimum absolute atomic E-state index is 0.0954. The molecule has 26 heavy (non-hydrogen) atoms.